The Morgan fingerprint density at radius 1 is 1.03 bits per heavy atom. The summed E-state index contributed by atoms with van der Waals surface area (Å²) in [6.45, 7) is 5.44. The van der Waals surface area contributed by atoms with Crippen molar-refractivity contribution in [3.05, 3.63) is 95.3 Å². The van der Waals surface area contributed by atoms with Crippen LogP contribution >= 0.6 is 0 Å². The molecule has 3 rings (SSSR count). The minimum absolute atomic E-state index is 0.0729. The highest BCUT2D eigenvalue weighted by Crippen LogP contribution is 2.26. The third-order valence-corrected chi connectivity index (χ3v) is 6.83. The van der Waals surface area contributed by atoms with Crippen LogP contribution in [0.2, 0.25) is 0 Å². The molecule has 0 spiro atoms. The van der Waals surface area contributed by atoms with E-state index in [9.17, 15) is 17.6 Å². The fourth-order valence-corrected chi connectivity index (χ4v) is 4.52. The fourth-order valence-electron chi connectivity index (χ4n) is 3.10. The topological polar surface area (TPSA) is 78.8 Å². The molecule has 0 aromatic heterocycles. The van der Waals surface area contributed by atoms with Gasteiger partial charge >= 0.3 is 0 Å². The number of hydrogen-bond donors (Lipinski definition) is 1. The number of hydrogen-bond acceptors (Lipinski definition) is 4. The van der Waals surface area contributed by atoms with Crippen molar-refractivity contribution in [3.8, 4) is 0 Å². The molecular formula is C25H26FN3O3S. The molecule has 3 aromatic rings. The molecule has 0 atom stereocenters. The number of carbonyl (C=O) groups excluding carboxylic acids is 1. The Labute approximate surface area is 193 Å². The Morgan fingerprint density at radius 3 is 2.27 bits per heavy atom. The molecule has 172 valence electrons. The van der Waals surface area contributed by atoms with Gasteiger partial charge in [0.1, 0.15) is 12.4 Å². The lowest BCUT2D eigenvalue weighted by atomic mass is 10.0. The SMILES string of the molecule is Cc1ccc(S(=O)(=O)N(CC(=O)N/N=C\c2ccccc2F)c2ccc(C(C)C)cc2)cc1. The van der Waals surface area contributed by atoms with Crippen molar-refractivity contribution >= 4 is 27.8 Å². The molecule has 0 radical (unpaired) electrons. The number of hydrazone groups is 1. The lowest BCUT2D eigenvalue weighted by molar-refractivity contribution is -0.119. The molecule has 0 aliphatic rings. The van der Waals surface area contributed by atoms with E-state index < -0.39 is 28.3 Å². The number of amides is 1. The predicted octanol–water partition coefficient (Wildman–Crippen LogP) is 4.60. The Kier molecular flexibility index (Phi) is 7.60. The molecule has 8 heteroatoms. The predicted molar refractivity (Wildman–Crippen MR) is 128 cm³/mol. The third kappa shape index (κ3) is 6.04. The molecule has 0 saturated carbocycles. The summed E-state index contributed by atoms with van der Waals surface area (Å²) < 4.78 is 41.5. The number of rotatable bonds is 8. The van der Waals surface area contributed by atoms with Crippen LogP contribution in [0.1, 0.15) is 36.5 Å². The van der Waals surface area contributed by atoms with E-state index in [2.05, 4.69) is 10.5 Å². The average Bonchev–Trinajstić information content (AvgIpc) is 2.79. The maximum atomic E-state index is 13.7. The minimum atomic E-state index is -4.02. The van der Waals surface area contributed by atoms with Crippen molar-refractivity contribution in [2.45, 2.75) is 31.6 Å². The Balaban J connectivity index is 1.87. The van der Waals surface area contributed by atoms with Crippen LogP contribution in [0.15, 0.2) is 82.8 Å². The molecule has 0 heterocycles. The number of nitrogens with zero attached hydrogens (tertiary/aromatic N) is 2. The second kappa shape index (κ2) is 10.4. The van der Waals surface area contributed by atoms with Crippen molar-refractivity contribution in [2.24, 2.45) is 5.10 Å². The van der Waals surface area contributed by atoms with E-state index in [0.717, 1.165) is 15.4 Å². The summed E-state index contributed by atoms with van der Waals surface area (Å²) in [5.74, 6) is -0.868. The first-order valence-electron chi connectivity index (χ1n) is 10.4. The van der Waals surface area contributed by atoms with Crippen LogP contribution in [0, 0.1) is 12.7 Å². The summed E-state index contributed by atoms with van der Waals surface area (Å²) in [6, 6.07) is 19.4. The van der Waals surface area contributed by atoms with Crippen molar-refractivity contribution in [3.63, 3.8) is 0 Å². The van der Waals surface area contributed by atoms with Gasteiger partial charge in [-0.15, -0.1) is 0 Å². The van der Waals surface area contributed by atoms with Gasteiger partial charge in [-0.1, -0.05) is 61.9 Å². The number of halogens is 1. The number of anilines is 1. The van der Waals surface area contributed by atoms with E-state index in [-0.39, 0.29) is 16.4 Å². The molecule has 0 fully saturated rings. The van der Waals surface area contributed by atoms with E-state index >= 15 is 0 Å². The standard InChI is InChI=1S/C25H26FN3O3S/c1-18(2)20-10-12-22(13-11-20)29(33(31,32)23-14-8-19(3)9-15-23)17-25(30)28-27-16-21-6-4-5-7-24(21)26/h4-16,18H,17H2,1-3H3,(H,28,30)/b27-16-. The van der Waals surface area contributed by atoms with Crippen LogP contribution in [0.25, 0.3) is 0 Å². The minimum Gasteiger partial charge on any atom is -0.271 e. The smallest absolute Gasteiger partial charge is 0.264 e. The van der Waals surface area contributed by atoms with Gasteiger partial charge in [0.05, 0.1) is 16.8 Å². The van der Waals surface area contributed by atoms with Gasteiger partial charge < -0.3 is 0 Å². The molecule has 0 aliphatic heterocycles. The van der Waals surface area contributed by atoms with Gasteiger partial charge in [0, 0.05) is 5.56 Å². The largest absolute Gasteiger partial charge is 0.271 e. The zero-order chi connectivity index (χ0) is 24.0. The normalized spacial score (nSPS) is 11.7. The molecule has 0 unspecified atom stereocenters. The van der Waals surface area contributed by atoms with E-state index in [0.29, 0.717) is 5.69 Å². The van der Waals surface area contributed by atoms with E-state index in [1.54, 1.807) is 36.4 Å². The summed E-state index contributed by atoms with van der Waals surface area (Å²) in [4.78, 5) is 12.7. The lowest BCUT2D eigenvalue weighted by Gasteiger charge is -2.24. The van der Waals surface area contributed by atoms with Gasteiger partial charge in [0.15, 0.2) is 0 Å². The second-order valence-corrected chi connectivity index (χ2v) is 9.75. The maximum Gasteiger partial charge on any atom is 0.264 e. The molecule has 0 aliphatic carbocycles. The first-order chi connectivity index (χ1) is 15.7. The first-order valence-corrected chi connectivity index (χ1v) is 11.9. The number of nitrogens with one attached hydrogen (secondary N) is 1. The van der Waals surface area contributed by atoms with Crippen molar-refractivity contribution < 1.29 is 17.6 Å². The first kappa shape index (κ1) is 24.1. The van der Waals surface area contributed by atoms with E-state index in [1.165, 1.54) is 30.5 Å². The van der Waals surface area contributed by atoms with Gasteiger partial charge in [0.25, 0.3) is 15.9 Å². The molecule has 0 bridgehead atoms. The average molecular weight is 468 g/mol. The monoisotopic (exact) mass is 467 g/mol. The Hall–Kier alpha value is -3.52. The quantitative estimate of drug-likeness (QED) is 0.388. The fraction of sp³-hybridized carbons (Fsp3) is 0.200. The van der Waals surface area contributed by atoms with Crippen molar-refractivity contribution in [2.75, 3.05) is 10.8 Å². The van der Waals surface area contributed by atoms with Gasteiger partial charge in [0.2, 0.25) is 0 Å². The van der Waals surface area contributed by atoms with Crippen molar-refractivity contribution in [1.29, 1.82) is 0 Å². The molecular weight excluding hydrogens is 441 g/mol. The summed E-state index contributed by atoms with van der Waals surface area (Å²) in [5, 5.41) is 3.77. The van der Waals surface area contributed by atoms with Gasteiger partial charge in [-0.05, 0) is 48.7 Å². The molecule has 1 amide bonds. The number of aryl methyl sites for hydroxylation is 1. The van der Waals surface area contributed by atoms with Gasteiger partial charge in [-0.3, -0.25) is 9.10 Å². The maximum absolute atomic E-state index is 13.7. The number of benzene rings is 3. The van der Waals surface area contributed by atoms with E-state index in [4.69, 9.17) is 0 Å². The van der Waals surface area contributed by atoms with Crippen LogP contribution in [0.5, 0.6) is 0 Å². The zero-order valence-electron chi connectivity index (χ0n) is 18.7. The van der Waals surface area contributed by atoms with Gasteiger partial charge in [-0.25, -0.2) is 18.2 Å². The zero-order valence-corrected chi connectivity index (χ0v) is 19.5. The van der Waals surface area contributed by atoms with Crippen LogP contribution in [-0.2, 0) is 14.8 Å². The van der Waals surface area contributed by atoms with E-state index in [1.807, 2.05) is 32.9 Å². The third-order valence-electron chi connectivity index (χ3n) is 5.04. The highest BCUT2D eigenvalue weighted by atomic mass is 32.2. The van der Waals surface area contributed by atoms with Crippen LogP contribution < -0.4 is 9.73 Å². The Bertz CT molecular complexity index is 1240. The second-order valence-electron chi connectivity index (χ2n) is 7.89. The Morgan fingerprint density at radius 2 is 1.67 bits per heavy atom. The molecule has 6 nitrogen and oxygen atoms in total. The van der Waals surface area contributed by atoms with Crippen LogP contribution in [0.4, 0.5) is 10.1 Å². The van der Waals surface area contributed by atoms with Crippen LogP contribution in [-0.4, -0.2) is 27.1 Å². The van der Waals surface area contributed by atoms with Crippen molar-refractivity contribution in [1.82, 2.24) is 5.43 Å². The number of sulfonamides is 1. The number of carbonyl (C=O) groups is 1. The highest BCUT2D eigenvalue weighted by molar-refractivity contribution is 7.92. The van der Waals surface area contributed by atoms with Gasteiger partial charge in [-0.2, -0.15) is 5.10 Å². The highest BCUT2D eigenvalue weighted by Gasteiger charge is 2.27. The molecule has 3 aromatic carbocycles. The molecule has 1 N–H and O–H groups in total. The summed E-state index contributed by atoms with van der Waals surface area (Å²) in [5.41, 5.74) is 4.80. The van der Waals surface area contributed by atoms with Crippen LogP contribution in [0.3, 0.4) is 0 Å². The summed E-state index contributed by atoms with van der Waals surface area (Å²) in [7, 11) is -4.02. The summed E-state index contributed by atoms with van der Waals surface area (Å²) in [6.07, 6.45) is 1.17. The molecule has 0 saturated heterocycles. The molecule has 33 heavy (non-hydrogen) atoms. The summed E-state index contributed by atoms with van der Waals surface area (Å²) >= 11 is 0. The lowest BCUT2D eigenvalue weighted by Crippen LogP contribution is -2.39.